The van der Waals surface area contributed by atoms with Gasteiger partial charge in [-0.05, 0) is 38.8 Å². The highest BCUT2D eigenvalue weighted by molar-refractivity contribution is 5.81. The molecular weight excluding hydrogens is 254 g/mol. The van der Waals surface area contributed by atoms with Gasteiger partial charge < -0.3 is 15.4 Å². The number of hydrogen-bond donors (Lipinski definition) is 1. The Hall–Kier alpha value is -1.46. The minimum atomic E-state index is -0.463. The maximum absolute atomic E-state index is 12.3. The average molecular weight is 279 g/mol. The molecule has 20 heavy (non-hydrogen) atoms. The number of carbonyl (C=O) groups excluding carboxylic acids is 1. The Morgan fingerprint density at radius 3 is 2.85 bits per heavy atom. The smallest absolute Gasteiger partial charge is 0.239 e. The van der Waals surface area contributed by atoms with Crippen LogP contribution in [0.4, 0.5) is 0 Å². The Labute approximate surface area is 121 Å². The van der Waals surface area contributed by atoms with E-state index in [1.165, 1.54) is 0 Å². The standard InChI is InChI=1S/C15H25N3O2/c1-4-18(11-13-8-5-7-12(2)17-13)15(19)14(16)9-6-10-20-3/h5,7-8,14H,4,6,9-11,16H2,1-3H3. The normalized spacial score (nSPS) is 12.2. The van der Waals surface area contributed by atoms with Gasteiger partial charge in [-0.15, -0.1) is 0 Å². The third-order valence-electron chi connectivity index (χ3n) is 3.17. The van der Waals surface area contributed by atoms with Crippen LogP contribution in [0.2, 0.25) is 0 Å². The summed E-state index contributed by atoms with van der Waals surface area (Å²) in [4.78, 5) is 18.5. The molecule has 112 valence electrons. The molecule has 0 spiro atoms. The summed E-state index contributed by atoms with van der Waals surface area (Å²) in [7, 11) is 1.65. The van der Waals surface area contributed by atoms with Crippen LogP contribution >= 0.6 is 0 Å². The van der Waals surface area contributed by atoms with E-state index in [0.717, 1.165) is 17.8 Å². The lowest BCUT2D eigenvalue weighted by atomic mass is 10.1. The van der Waals surface area contributed by atoms with Crippen LogP contribution in [0.5, 0.6) is 0 Å². The van der Waals surface area contributed by atoms with Crippen LogP contribution in [0, 0.1) is 6.92 Å². The zero-order chi connectivity index (χ0) is 15.0. The molecule has 0 aromatic carbocycles. The molecule has 1 rings (SSSR count). The number of carbonyl (C=O) groups is 1. The second-order valence-electron chi connectivity index (χ2n) is 4.86. The molecule has 0 radical (unpaired) electrons. The number of nitrogens with two attached hydrogens (primary N) is 1. The van der Waals surface area contributed by atoms with E-state index >= 15 is 0 Å². The van der Waals surface area contributed by atoms with Crippen molar-refractivity contribution in [2.45, 2.75) is 39.3 Å². The number of methoxy groups -OCH3 is 1. The Bertz CT molecular complexity index is 423. The summed E-state index contributed by atoms with van der Waals surface area (Å²) in [6.45, 7) is 5.67. The molecule has 1 heterocycles. The lowest BCUT2D eigenvalue weighted by Crippen LogP contribution is -2.43. The Morgan fingerprint density at radius 1 is 1.50 bits per heavy atom. The van der Waals surface area contributed by atoms with Crippen molar-refractivity contribution < 1.29 is 9.53 Å². The molecule has 0 fully saturated rings. The fraction of sp³-hybridized carbons (Fsp3) is 0.600. The monoisotopic (exact) mass is 279 g/mol. The van der Waals surface area contributed by atoms with Crippen molar-refractivity contribution in [3.05, 3.63) is 29.6 Å². The van der Waals surface area contributed by atoms with E-state index in [9.17, 15) is 4.79 Å². The lowest BCUT2D eigenvalue weighted by molar-refractivity contribution is -0.133. The average Bonchev–Trinajstić information content (AvgIpc) is 2.44. The van der Waals surface area contributed by atoms with Crippen molar-refractivity contribution in [3.63, 3.8) is 0 Å². The molecule has 5 nitrogen and oxygen atoms in total. The number of ether oxygens (including phenoxy) is 1. The van der Waals surface area contributed by atoms with Crippen LogP contribution in [0.25, 0.3) is 0 Å². The van der Waals surface area contributed by atoms with Gasteiger partial charge in [0.05, 0.1) is 18.3 Å². The Balaban J connectivity index is 2.58. The molecule has 1 amide bonds. The number of nitrogens with zero attached hydrogens (tertiary/aromatic N) is 2. The van der Waals surface area contributed by atoms with Gasteiger partial charge in [0, 0.05) is 26.0 Å². The third kappa shape index (κ3) is 5.27. The van der Waals surface area contributed by atoms with Gasteiger partial charge in [-0.3, -0.25) is 9.78 Å². The Morgan fingerprint density at radius 2 is 2.25 bits per heavy atom. The molecule has 0 aliphatic heterocycles. The van der Waals surface area contributed by atoms with Crippen LogP contribution in [0.3, 0.4) is 0 Å². The SMILES string of the molecule is CCN(Cc1cccc(C)n1)C(=O)C(N)CCCOC. The van der Waals surface area contributed by atoms with Gasteiger partial charge in [-0.1, -0.05) is 6.07 Å². The van der Waals surface area contributed by atoms with Crippen LogP contribution < -0.4 is 5.73 Å². The van der Waals surface area contributed by atoms with Crippen LogP contribution in [0.1, 0.15) is 31.2 Å². The summed E-state index contributed by atoms with van der Waals surface area (Å²) in [6.07, 6.45) is 1.44. The summed E-state index contributed by atoms with van der Waals surface area (Å²) < 4.78 is 4.98. The number of pyridine rings is 1. The highest BCUT2D eigenvalue weighted by Gasteiger charge is 2.20. The molecule has 1 unspecified atom stereocenters. The van der Waals surface area contributed by atoms with E-state index < -0.39 is 6.04 Å². The first-order valence-electron chi connectivity index (χ1n) is 7.04. The highest BCUT2D eigenvalue weighted by Crippen LogP contribution is 2.07. The number of rotatable bonds is 8. The van der Waals surface area contributed by atoms with Crippen LogP contribution in [-0.4, -0.2) is 42.1 Å². The quantitative estimate of drug-likeness (QED) is 0.732. The fourth-order valence-electron chi connectivity index (χ4n) is 2.03. The zero-order valence-electron chi connectivity index (χ0n) is 12.6. The van der Waals surface area contributed by atoms with Gasteiger partial charge in [0.1, 0.15) is 0 Å². The molecule has 1 aromatic rings. The minimum Gasteiger partial charge on any atom is -0.385 e. The van der Waals surface area contributed by atoms with E-state index in [0.29, 0.717) is 26.1 Å². The van der Waals surface area contributed by atoms with Crippen molar-refractivity contribution >= 4 is 5.91 Å². The van der Waals surface area contributed by atoms with Gasteiger partial charge in [-0.2, -0.15) is 0 Å². The molecular formula is C15H25N3O2. The molecule has 2 N–H and O–H groups in total. The largest absolute Gasteiger partial charge is 0.385 e. The minimum absolute atomic E-state index is 0.0214. The van der Waals surface area contributed by atoms with Crippen molar-refractivity contribution in [2.75, 3.05) is 20.3 Å². The van der Waals surface area contributed by atoms with Crippen molar-refractivity contribution in [1.29, 1.82) is 0 Å². The topological polar surface area (TPSA) is 68.5 Å². The van der Waals surface area contributed by atoms with Gasteiger partial charge in [-0.25, -0.2) is 0 Å². The third-order valence-corrected chi connectivity index (χ3v) is 3.17. The van der Waals surface area contributed by atoms with Crippen LogP contribution in [0.15, 0.2) is 18.2 Å². The summed E-state index contributed by atoms with van der Waals surface area (Å²) in [6, 6.07) is 5.36. The second-order valence-corrected chi connectivity index (χ2v) is 4.86. The number of hydrogen-bond acceptors (Lipinski definition) is 4. The van der Waals surface area contributed by atoms with Crippen molar-refractivity contribution in [2.24, 2.45) is 5.73 Å². The zero-order valence-corrected chi connectivity index (χ0v) is 12.6. The van der Waals surface area contributed by atoms with E-state index in [-0.39, 0.29) is 5.91 Å². The molecule has 0 bridgehead atoms. The van der Waals surface area contributed by atoms with Crippen molar-refractivity contribution in [1.82, 2.24) is 9.88 Å². The summed E-state index contributed by atoms with van der Waals surface area (Å²) in [5.41, 5.74) is 7.80. The molecule has 0 saturated heterocycles. The molecule has 1 aromatic heterocycles. The summed E-state index contributed by atoms with van der Waals surface area (Å²) in [5.74, 6) is -0.0214. The first kappa shape index (κ1) is 16.6. The first-order chi connectivity index (χ1) is 9.58. The molecule has 5 heteroatoms. The van der Waals surface area contributed by atoms with Gasteiger partial charge in [0.15, 0.2) is 0 Å². The summed E-state index contributed by atoms with van der Waals surface area (Å²) >= 11 is 0. The van der Waals surface area contributed by atoms with E-state index in [4.69, 9.17) is 10.5 Å². The van der Waals surface area contributed by atoms with E-state index in [1.807, 2.05) is 32.0 Å². The molecule has 0 saturated carbocycles. The second kappa shape index (κ2) is 8.66. The predicted octanol–water partition coefficient (Wildman–Crippen LogP) is 1.49. The Kier molecular flexibility index (Phi) is 7.18. The number of aromatic nitrogens is 1. The van der Waals surface area contributed by atoms with Crippen molar-refractivity contribution in [3.8, 4) is 0 Å². The van der Waals surface area contributed by atoms with E-state index in [2.05, 4.69) is 4.98 Å². The maximum Gasteiger partial charge on any atom is 0.239 e. The van der Waals surface area contributed by atoms with Crippen LogP contribution in [-0.2, 0) is 16.1 Å². The lowest BCUT2D eigenvalue weighted by Gasteiger charge is -2.24. The molecule has 0 aliphatic rings. The maximum atomic E-state index is 12.3. The predicted molar refractivity (Wildman–Crippen MR) is 79.2 cm³/mol. The van der Waals surface area contributed by atoms with E-state index in [1.54, 1.807) is 12.0 Å². The number of likely N-dealkylation sites (N-methyl/N-ethyl adjacent to an activating group) is 1. The number of amides is 1. The summed E-state index contributed by atoms with van der Waals surface area (Å²) in [5, 5.41) is 0. The van der Waals surface area contributed by atoms with Gasteiger partial charge in [0.25, 0.3) is 0 Å². The first-order valence-corrected chi connectivity index (χ1v) is 7.04. The van der Waals surface area contributed by atoms with Gasteiger partial charge in [0.2, 0.25) is 5.91 Å². The highest BCUT2D eigenvalue weighted by atomic mass is 16.5. The van der Waals surface area contributed by atoms with Gasteiger partial charge >= 0.3 is 0 Å². The number of aryl methyl sites for hydroxylation is 1. The molecule has 1 atom stereocenters. The fourth-order valence-corrected chi connectivity index (χ4v) is 2.03. The molecule has 0 aliphatic carbocycles.